The van der Waals surface area contributed by atoms with E-state index in [0.29, 0.717) is 6.42 Å². The summed E-state index contributed by atoms with van der Waals surface area (Å²) in [6, 6.07) is 14.9. The van der Waals surface area contributed by atoms with Gasteiger partial charge in [0.25, 0.3) is 0 Å². The molecule has 1 N–H and O–H groups in total. The lowest BCUT2D eigenvalue weighted by Crippen LogP contribution is -2.28. The van der Waals surface area contributed by atoms with Crippen molar-refractivity contribution in [1.29, 1.82) is 0 Å². The molecular weight excluding hydrogens is 366 g/mol. The second kappa shape index (κ2) is 9.24. The fourth-order valence-corrected chi connectivity index (χ4v) is 4.01. The van der Waals surface area contributed by atoms with Crippen LogP contribution in [0.1, 0.15) is 36.9 Å². The van der Waals surface area contributed by atoms with E-state index < -0.39 is 9.84 Å². The monoisotopic (exact) mass is 391 g/mol. The van der Waals surface area contributed by atoms with Crippen molar-refractivity contribution in [1.82, 2.24) is 5.32 Å². The smallest absolute Gasteiger partial charge is 0.221 e. The van der Waals surface area contributed by atoms with Gasteiger partial charge in [-0.1, -0.05) is 36.8 Å². The highest BCUT2D eigenvalue weighted by atomic mass is 32.2. The normalized spacial score (nSPS) is 12.6. The highest BCUT2D eigenvalue weighted by Gasteiger charge is 2.14. The largest absolute Gasteiger partial charge is 0.349 e. The third kappa shape index (κ3) is 6.18. The van der Waals surface area contributed by atoms with Crippen molar-refractivity contribution < 1.29 is 13.2 Å². The first-order chi connectivity index (χ1) is 12.3. The van der Waals surface area contributed by atoms with Crippen LogP contribution in [0.15, 0.2) is 58.3 Å². The molecule has 2 aromatic carbocycles. The van der Waals surface area contributed by atoms with E-state index in [4.69, 9.17) is 0 Å². The van der Waals surface area contributed by atoms with Crippen LogP contribution in [0, 0.1) is 6.92 Å². The lowest BCUT2D eigenvalue weighted by atomic mass is 10.0. The van der Waals surface area contributed by atoms with E-state index >= 15 is 0 Å². The van der Waals surface area contributed by atoms with E-state index in [2.05, 4.69) is 36.5 Å². The minimum absolute atomic E-state index is 0.00338. The van der Waals surface area contributed by atoms with E-state index in [0.717, 1.165) is 22.6 Å². The van der Waals surface area contributed by atoms with Gasteiger partial charge in [0, 0.05) is 23.3 Å². The number of carbonyl (C=O) groups is 1. The fourth-order valence-electron chi connectivity index (χ4n) is 2.53. The summed E-state index contributed by atoms with van der Waals surface area (Å²) in [5.74, 6) is 0.724. The van der Waals surface area contributed by atoms with Crippen molar-refractivity contribution >= 4 is 27.5 Å². The Balaban J connectivity index is 1.88. The maximum Gasteiger partial charge on any atom is 0.221 e. The van der Waals surface area contributed by atoms with Gasteiger partial charge in [0.1, 0.15) is 0 Å². The molecule has 2 rings (SSSR count). The van der Waals surface area contributed by atoms with Crippen molar-refractivity contribution in [2.45, 2.75) is 42.5 Å². The van der Waals surface area contributed by atoms with Crippen molar-refractivity contribution in [3.63, 3.8) is 0 Å². The molecule has 0 unspecified atom stereocenters. The first kappa shape index (κ1) is 20.5. The van der Waals surface area contributed by atoms with Gasteiger partial charge in [-0.15, -0.1) is 11.8 Å². The Kier molecular flexibility index (Phi) is 7.29. The Hall–Kier alpha value is -1.79. The summed E-state index contributed by atoms with van der Waals surface area (Å²) in [7, 11) is -3.21. The van der Waals surface area contributed by atoms with Crippen molar-refractivity contribution in [2.24, 2.45) is 0 Å². The molecule has 6 heteroatoms. The van der Waals surface area contributed by atoms with Crippen LogP contribution in [-0.2, 0) is 14.6 Å². The van der Waals surface area contributed by atoms with Crippen LogP contribution < -0.4 is 5.32 Å². The summed E-state index contributed by atoms with van der Waals surface area (Å²) < 4.78 is 23.1. The van der Waals surface area contributed by atoms with Gasteiger partial charge in [0.05, 0.1) is 10.9 Å². The molecule has 0 saturated heterocycles. The summed E-state index contributed by atoms with van der Waals surface area (Å²) in [5, 5.41) is 3.03. The molecule has 2 aromatic rings. The number of aryl methyl sites for hydroxylation is 1. The molecule has 0 heterocycles. The summed E-state index contributed by atoms with van der Waals surface area (Å²) in [4.78, 5) is 13.7. The molecule has 0 aliphatic heterocycles. The third-order valence-corrected chi connectivity index (χ3v) is 6.22. The maximum absolute atomic E-state index is 12.2. The Labute approximate surface area is 160 Å². The van der Waals surface area contributed by atoms with Gasteiger partial charge < -0.3 is 5.32 Å². The number of amides is 1. The Bertz CT molecular complexity index is 828. The minimum Gasteiger partial charge on any atom is -0.349 e. The molecule has 4 nitrogen and oxygen atoms in total. The van der Waals surface area contributed by atoms with Crippen LogP contribution in [0.5, 0.6) is 0 Å². The number of hydrogen-bond donors (Lipinski definition) is 1. The molecule has 1 atom stereocenters. The lowest BCUT2D eigenvalue weighted by Gasteiger charge is -2.18. The van der Waals surface area contributed by atoms with Gasteiger partial charge in [0.15, 0.2) is 9.84 Å². The Morgan fingerprint density at radius 3 is 2.23 bits per heavy atom. The number of hydrogen-bond acceptors (Lipinski definition) is 4. The first-order valence-corrected chi connectivity index (χ1v) is 11.5. The van der Waals surface area contributed by atoms with Crippen LogP contribution in [-0.4, -0.2) is 26.3 Å². The minimum atomic E-state index is -3.21. The quantitative estimate of drug-likeness (QED) is 0.687. The summed E-state index contributed by atoms with van der Waals surface area (Å²) in [6.07, 6.45) is 2.37. The standard InChI is InChI=1S/C20H25NO3S2/c1-4-19(16-7-11-18(12-8-16)26(3,23)24)21-20(22)13-14-25-17-9-5-15(2)6-10-17/h5-12,19H,4,13-14H2,1-3H3,(H,21,22)/t19-/m0/s1. The van der Waals surface area contributed by atoms with E-state index in [1.54, 1.807) is 36.0 Å². The van der Waals surface area contributed by atoms with Gasteiger partial charge in [-0.3, -0.25) is 4.79 Å². The molecular formula is C20H25NO3S2. The molecule has 0 spiro atoms. The Morgan fingerprint density at radius 2 is 1.69 bits per heavy atom. The van der Waals surface area contributed by atoms with Gasteiger partial charge in [-0.05, 0) is 43.2 Å². The SMILES string of the molecule is CC[C@H](NC(=O)CCSc1ccc(C)cc1)c1ccc(S(C)(=O)=O)cc1. The number of carbonyl (C=O) groups excluding carboxylic acids is 1. The van der Waals surface area contributed by atoms with Crippen LogP contribution in [0.2, 0.25) is 0 Å². The molecule has 0 aliphatic rings. The summed E-state index contributed by atoms with van der Waals surface area (Å²) in [6.45, 7) is 4.05. The molecule has 140 valence electrons. The topological polar surface area (TPSA) is 63.2 Å². The number of rotatable bonds is 8. The van der Waals surface area contributed by atoms with Crippen molar-refractivity contribution in [3.8, 4) is 0 Å². The Morgan fingerprint density at radius 1 is 1.08 bits per heavy atom. The molecule has 0 aromatic heterocycles. The van der Waals surface area contributed by atoms with E-state index in [1.807, 2.05) is 6.92 Å². The third-order valence-electron chi connectivity index (χ3n) is 4.07. The predicted octanol–water partition coefficient (Wildman–Crippen LogP) is 4.15. The highest BCUT2D eigenvalue weighted by molar-refractivity contribution is 7.99. The number of sulfone groups is 1. The van der Waals surface area contributed by atoms with Crippen LogP contribution in [0.3, 0.4) is 0 Å². The summed E-state index contributed by atoms with van der Waals surface area (Å²) >= 11 is 1.67. The zero-order chi connectivity index (χ0) is 19.2. The molecule has 0 saturated carbocycles. The number of benzene rings is 2. The second-order valence-electron chi connectivity index (χ2n) is 6.28. The predicted molar refractivity (Wildman–Crippen MR) is 107 cm³/mol. The fraction of sp³-hybridized carbons (Fsp3) is 0.350. The second-order valence-corrected chi connectivity index (χ2v) is 9.47. The van der Waals surface area contributed by atoms with Crippen LogP contribution in [0.4, 0.5) is 0 Å². The average molecular weight is 392 g/mol. The van der Waals surface area contributed by atoms with Crippen molar-refractivity contribution in [3.05, 3.63) is 59.7 Å². The average Bonchev–Trinajstić information content (AvgIpc) is 2.61. The molecule has 26 heavy (non-hydrogen) atoms. The molecule has 1 amide bonds. The van der Waals surface area contributed by atoms with Gasteiger partial charge >= 0.3 is 0 Å². The first-order valence-electron chi connectivity index (χ1n) is 8.58. The lowest BCUT2D eigenvalue weighted by molar-refractivity contribution is -0.121. The molecule has 0 bridgehead atoms. The molecule has 0 radical (unpaired) electrons. The molecule has 0 fully saturated rings. The van der Waals surface area contributed by atoms with E-state index in [-0.39, 0.29) is 16.8 Å². The molecule has 0 aliphatic carbocycles. The van der Waals surface area contributed by atoms with Gasteiger partial charge in [-0.2, -0.15) is 0 Å². The zero-order valence-corrected chi connectivity index (χ0v) is 17.0. The van der Waals surface area contributed by atoms with E-state index in [1.165, 1.54) is 11.8 Å². The van der Waals surface area contributed by atoms with Crippen molar-refractivity contribution in [2.75, 3.05) is 12.0 Å². The van der Waals surface area contributed by atoms with Crippen LogP contribution in [0.25, 0.3) is 0 Å². The number of thioether (sulfide) groups is 1. The van der Waals surface area contributed by atoms with E-state index in [9.17, 15) is 13.2 Å². The van der Waals surface area contributed by atoms with Gasteiger partial charge in [0.2, 0.25) is 5.91 Å². The van der Waals surface area contributed by atoms with Crippen LogP contribution >= 0.6 is 11.8 Å². The maximum atomic E-state index is 12.2. The number of nitrogens with one attached hydrogen (secondary N) is 1. The highest BCUT2D eigenvalue weighted by Crippen LogP contribution is 2.21. The zero-order valence-electron chi connectivity index (χ0n) is 15.4. The van der Waals surface area contributed by atoms with Gasteiger partial charge in [-0.25, -0.2) is 8.42 Å². The summed E-state index contributed by atoms with van der Waals surface area (Å²) in [5.41, 5.74) is 2.14.